The summed E-state index contributed by atoms with van der Waals surface area (Å²) < 4.78 is 11.2. The second-order valence-corrected chi connectivity index (χ2v) is 6.01. The van der Waals surface area contributed by atoms with Crippen LogP contribution in [0.2, 0.25) is 0 Å². The quantitative estimate of drug-likeness (QED) is 0.681. The Morgan fingerprint density at radius 1 is 1.36 bits per heavy atom. The number of rotatable bonds is 9. The normalized spacial score (nSPS) is 20.4. The Bertz CT molecular complexity index is 362. The van der Waals surface area contributed by atoms with E-state index in [1.807, 2.05) is 13.8 Å². The highest BCUT2D eigenvalue weighted by Gasteiger charge is 2.32. The van der Waals surface area contributed by atoms with Gasteiger partial charge in [0.25, 0.3) is 0 Å². The van der Waals surface area contributed by atoms with E-state index in [4.69, 9.17) is 14.6 Å². The zero-order valence-corrected chi connectivity index (χ0v) is 13.9. The molecule has 0 aromatic heterocycles. The lowest BCUT2D eigenvalue weighted by Crippen LogP contribution is -2.52. The van der Waals surface area contributed by atoms with Crippen LogP contribution in [0.25, 0.3) is 0 Å². The molecule has 128 valence electrons. The summed E-state index contributed by atoms with van der Waals surface area (Å²) in [6.45, 7) is 6.61. The van der Waals surface area contributed by atoms with Gasteiger partial charge in [-0.05, 0) is 39.0 Å². The maximum atomic E-state index is 12.3. The van der Waals surface area contributed by atoms with Crippen LogP contribution in [0.4, 0.5) is 0 Å². The van der Waals surface area contributed by atoms with Crippen LogP contribution in [0.1, 0.15) is 59.3 Å². The van der Waals surface area contributed by atoms with E-state index in [-0.39, 0.29) is 18.4 Å². The third-order valence-electron chi connectivity index (χ3n) is 4.41. The number of carboxylic acids is 1. The lowest BCUT2D eigenvalue weighted by atomic mass is 9.88. The van der Waals surface area contributed by atoms with Gasteiger partial charge in [0.05, 0.1) is 24.7 Å². The summed E-state index contributed by atoms with van der Waals surface area (Å²) in [6.07, 6.45) is 3.67. The third-order valence-corrected chi connectivity index (χ3v) is 4.41. The number of hydrogen-bond acceptors (Lipinski definition) is 4. The Balaban J connectivity index is 2.47. The van der Waals surface area contributed by atoms with Crippen LogP contribution in [-0.2, 0) is 19.1 Å². The number of carbonyl (C=O) groups excluding carboxylic acids is 1. The van der Waals surface area contributed by atoms with Gasteiger partial charge in [-0.2, -0.15) is 0 Å². The van der Waals surface area contributed by atoms with E-state index in [0.29, 0.717) is 19.4 Å². The Kier molecular flexibility index (Phi) is 7.82. The minimum atomic E-state index is -0.909. The van der Waals surface area contributed by atoms with E-state index in [2.05, 4.69) is 5.32 Å². The smallest absolute Gasteiger partial charge is 0.305 e. The van der Waals surface area contributed by atoms with Crippen molar-refractivity contribution in [3.05, 3.63) is 0 Å². The Morgan fingerprint density at radius 2 is 2.05 bits per heavy atom. The summed E-state index contributed by atoms with van der Waals surface area (Å²) >= 11 is 0. The van der Waals surface area contributed by atoms with Gasteiger partial charge in [-0.1, -0.05) is 13.8 Å². The zero-order valence-electron chi connectivity index (χ0n) is 13.9. The fourth-order valence-electron chi connectivity index (χ4n) is 2.64. The summed E-state index contributed by atoms with van der Waals surface area (Å²) in [6, 6.07) is 0. The molecule has 1 aliphatic heterocycles. The topological polar surface area (TPSA) is 84.9 Å². The standard InChI is InChI=1S/C16H29NO5/c1-4-16(5-2,10-14(18)19)17-15(20)12(3)22-11-13-8-6-7-9-21-13/h12-13H,4-11H2,1-3H3,(H,17,20)(H,18,19). The van der Waals surface area contributed by atoms with Crippen molar-refractivity contribution in [2.24, 2.45) is 0 Å². The summed E-state index contributed by atoms with van der Waals surface area (Å²) in [7, 11) is 0. The highest BCUT2D eigenvalue weighted by Crippen LogP contribution is 2.20. The van der Waals surface area contributed by atoms with Gasteiger partial charge in [-0.3, -0.25) is 9.59 Å². The van der Waals surface area contributed by atoms with Crippen LogP contribution in [0.3, 0.4) is 0 Å². The van der Waals surface area contributed by atoms with E-state index in [0.717, 1.165) is 25.9 Å². The summed E-state index contributed by atoms with van der Waals surface area (Å²) in [5.41, 5.74) is -0.706. The van der Waals surface area contributed by atoms with Gasteiger partial charge in [0.2, 0.25) is 5.91 Å². The minimum Gasteiger partial charge on any atom is -0.481 e. The molecule has 0 radical (unpaired) electrons. The number of amides is 1. The molecule has 2 N–H and O–H groups in total. The maximum Gasteiger partial charge on any atom is 0.305 e. The molecule has 0 saturated carbocycles. The zero-order chi connectivity index (χ0) is 16.6. The lowest BCUT2D eigenvalue weighted by molar-refractivity contribution is -0.141. The molecule has 1 rings (SSSR count). The molecule has 1 aliphatic rings. The molecule has 0 aromatic rings. The molecule has 2 unspecified atom stereocenters. The molecule has 1 amide bonds. The van der Waals surface area contributed by atoms with Gasteiger partial charge in [-0.15, -0.1) is 0 Å². The summed E-state index contributed by atoms with van der Waals surface area (Å²) in [5, 5.41) is 11.9. The summed E-state index contributed by atoms with van der Waals surface area (Å²) in [5.74, 6) is -1.17. The molecule has 0 aromatic carbocycles. The number of nitrogens with one attached hydrogen (secondary N) is 1. The molecule has 2 atom stereocenters. The largest absolute Gasteiger partial charge is 0.481 e. The molecular weight excluding hydrogens is 286 g/mol. The van der Waals surface area contributed by atoms with Crippen LogP contribution in [0.5, 0.6) is 0 Å². The van der Waals surface area contributed by atoms with Crippen LogP contribution >= 0.6 is 0 Å². The number of ether oxygens (including phenoxy) is 2. The third kappa shape index (κ3) is 5.93. The molecule has 22 heavy (non-hydrogen) atoms. The molecule has 0 aliphatic carbocycles. The molecule has 0 bridgehead atoms. The maximum absolute atomic E-state index is 12.3. The van der Waals surface area contributed by atoms with Crippen molar-refractivity contribution >= 4 is 11.9 Å². The fraction of sp³-hybridized carbons (Fsp3) is 0.875. The Hall–Kier alpha value is -1.14. The SMILES string of the molecule is CCC(CC)(CC(=O)O)NC(=O)C(C)OCC1CCCCO1. The van der Waals surface area contributed by atoms with Gasteiger partial charge >= 0.3 is 5.97 Å². The molecule has 0 spiro atoms. The average molecular weight is 315 g/mol. The molecule has 6 heteroatoms. The van der Waals surface area contributed by atoms with Gasteiger partial charge in [-0.25, -0.2) is 0 Å². The van der Waals surface area contributed by atoms with Crippen molar-refractivity contribution in [2.75, 3.05) is 13.2 Å². The van der Waals surface area contributed by atoms with Gasteiger partial charge < -0.3 is 19.9 Å². The first kappa shape index (κ1) is 18.9. The fourth-order valence-corrected chi connectivity index (χ4v) is 2.64. The first-order valence-corrected chi connectivity index (χ1v) is 8.19. The van der Waals surface area contributed by atoms with Crippen LogP contribution in [0, 0.1) is 0 Å². The number of hydrogen-bond donors (Lipinski definition) is 2. The predicted octanol–water partition coefficient (Wildman–Crippen LogP) is 2.11. The highest BCUT2D eigenvalue weighted by atomic mass is 16.5. The molecule has 1 heterocycles. The second-order valence-electron chi connectivity index (χ2n) is 6.01. The van der Waals surface area contributed by atoms with Crippen LogP contribution in [0.15, 0.2) is 0 Å². The highest BCUT2D eigenvalue weighted by molar-refractivity contribution is 5.82. The Labute approximate surface area is 132 Å². The summed E-state index contributed by atoms with van der Waals surface area (Å²) in [4.78, 5) is 23.3. The lowest BCUT2D eigenvalue weighted by Gasteiger charge is -2.33. The van der Waals surface area contributed by atoms with E-state index in [1.54, 1.807) is 6.92 Å². The van der Waals surface area contributed by atoms with Crippen molar-refractivity contribution in [2.45, 2.75) is 77.0 Å². The van der Waals surface area contributed by atoms with E-state index in [9.17, 15) is 9.59 Å². The van der Waals surface area contributed by atoms with Gasteiger partial charge in [0.15, 0.2) is 0 Å². The van der Waals surface area contributed by atoms with Gasteiger partial charge in [0, 0.05) is 6.61 Å². The van der Waals surface area contributed by atoms with Crippen molar-refractivity contribution in [3.8, 4) is 0 Å². The van der Waals surface area contributed by atoms with Crippen molar-refractivity contribution in [1.82, 2.24) is 5.32 Å². The van der Waals surface area contributed by atoms with Crippen molar-refractivity contribution in [3.63, 3.8) is 0 Å². The van der Waals surface area contributed by atoms with E-state index in [1.165, 1.54) is 0 Å². The molecule has 1 saturated heterocycles. The van der Waals surface area contributed by atoms with E-state index < -0.39 is 17.6 Å². The monoisotopic (exact) mass is 315 g/mol. The van der Waals surface area contributed by atoms with E-state index >= 15 is 0 Å². The minimum absolute atomic E-state index is 0.0603. The van der Waals surface area contributed by atoms with Crippen molar-refractivity contribution in [1.29, 1.82) is 0 Å². The first-order chi connectivity index (χ1) is 10.4. The molecule has 6 nitrogen and oxygen atoms in total. The van der Waals surface area contributed by atoms with Gasteiger partial charge in [0.1, 0.15) is 6.10 Å². The number of carboxylic acid groups (broad SMARTS) is 1. The average Bonchev–Trinajstić information content (AvgIpc) is 2.52. The predicted molar refractivity (Wildman–Crippen MR) is 82.7 cm³/mol. The number of carbonyl (C=O) groups is 2. The number of aliphatic carboxylic acids is 1. The molecule has 1 fully saturated rings. The second kappa shape index (κ2) is 9.10. The molecular formula is C16H29NO5. The van der Waals surface area contributed by atoms with Crippen molar-refractivity contribution < 1.29 is 24.2 Å². The first-order valence-electron chi connectivity index (χ1n) is 8.19. The van der Waals surface area contributed by atoms with Crippen LogP contribution < -0.4 is 5.32 Å². The van der Waals surface area contributed by atoms with Crippen LogP contribution in [-0.4, -0.2) is 47.9 Å². The Morgan fingerprint density at radius 3 is 2.55 bits per heavy atom.